The third-order valence-corrected chi connectivity index (χ3v) is 3.60. The number of nitrogens with zero attached hydrogens (tertiary/aromatic N) is 1. The molecule has 0 saturated heterocycles. The molecule has 1 aliphatic rings. The molecule has 0 spiro atoms. The Labute approximate surface area is 87.7 Å². The van der Waals surface area contributed by atoms with Crippen LogP contribution in [0, 0.1) is 11.8 Å². The second-order valence-corrected chi connectivity index (χ2v) is 4.98. The molecular weight excluding hydrogens is 174 g/mol. The Morgan fingerprint density at radius 1 is 1.43 bits per heavy atom. The maximum absolute atomic E-state index is 11.5. The normalized spacial score (nSPS) is 25.0. The SMILES string of the molecule is CC(C)C(C)N(C)CC1CCCC1=O. The van der Waals surface area contributed by atoms with Crippen LogP contribution in [0.25, 0.3) is 0 Å². The Balaban J connectivity index is 2.39. The molecule has 2 atom stereocenters. The molecule has 0 radical (unpaired) electrons. The standard InChI is InChI=1S/C12H23NO/c1-9(2)10(3)13(4)8-11-6-5-7-12(11)14/h9-11H,5-8H2,1-4H3. The fourth-order valence-corrected chi connectivity index (χ4v) is 2.10. The summed E-state index contributed by atoms with van der Waals surface area (Å²) in [7, 11) is 2.14. The van der Waals surface area contributed by atoms with Crippen LogP contribution >= 0.6 is 0 Å². The molecule has 0 aromatic carbocycles. The lowest BCUT2D eigenvalue weighted by atomic mass is 10.0. The van der Waals surface area contributed by atoms with Gasteiger partial charge in [-0.25, -0.2) is 0 Å². The van der Waals surface area contributed by atoms with E-state index < -0.39 is 0 Å². The van der Waals surface area contributed by atoms with Gasteiger partial charge in [0, 0.05) is 24.9 Å². The van der Waals surface area contributed by atoms with Gasteiger partial charge < -0.3 is 4.90 Å². The van der Waals surface area contributed by atoms with Crippen LogP contribution in [0.5, 0.6) is 0 Å². The van der Waals surface area contributed by atoms with Crippen molar-refractivity contribution in [3.05, 3.63) is 0 Å². The van der Waals surface area contributed by atoms with E-state index in [2.05, 4.69) is 32.7 Å². The predicted octanol–water partition coefficient (Wildman–Crippen LogP) is 2.33. The largest absolute Gasteiger partial charge is 0.303 e. The van der Waals surface area contributed by atoms with Crippen molar-refractivity contribution in [3.63, 3.8) is 0 Å². The van der Waals surface area contributed by atoms with Gasteiger partial charge in [0.15, 0.2) is 0 Å². The van der Waals surface area contributed by atoms with Gasteiger partial charge in [-0.3, -0.25) is 4.79 Å². The molecule has 1 saturated carbocycles. The Morgan fingerprint density at radius 2 is 2.07 bits per heavy atom. The molecule has 0 aromatic heterocycles. The molecule has 0 aromatic rings. The highest BCUT2D eigenvalue weighted by Crippen LogP contribution is 2.23. The summed E-state index contributed by atoms with van der Waals surface area (Å²) in [5.41, 5.74) is 0. The highest BCUT2D eigenvalue weighted by atomic mass is 16.1. The van der Waals surface area contributed by atoms with Crippen LogP contribution in [0.1, 0.15) is 40.0 Å². The number of hydrogen-bond donors (Lipinski definition) is 0. The Hall–Kier alpha value is -0.370. The zero-order chi connectivity index (χ0) is 10.7. The van der Waals surface area contributed by atoms with E-state index in [0.717, 1.165) is 25.8 Å². The molecule has 1 aliphatic carbocycles. The maximum Gasteiger partial charge on any atom is 0.137 e. The Morgan fingerprint density at radius 3 is 2.50 bits per heavy atom. The summed E-state index contributed by atoms with van der Waals surface area (Å²) < 4.78 is 0. The van der Waals surface area contributed by atoms with Gasteiger partial charge in [-0.15, -0.1) is 0 Å². The van der Waals surface area contributed by atoms with Gasteiger partial charge in [0.05, 0.1) is 0 Å². The average molecular weight is 197 g/mol. The number of rotatable bonds is 4. The van der Waals surface area contributed by atoms with E-state index in [1.165, 1.54) is 0 Å². The maximum atomic E-state index is 11.5. The number of carbonyl (C=O) groups excluding carboxylic acids is 1. The molecule has 0 amide bonds. The molecule has 0 N–H and O–H groups in total. The lowest BCUT2D eigenvalue weighted by molar-refractivity contribution is -0.121. The second kappa shape index (κ2) is 4.92. The number of Topliss-reactive ketones (excluding diaryl/α,β-unsaturated/α-hetero) is 1. The first kappa shape index (κ1) is 11.7. The average Bonchev–Trinajstić information content (AvgIpc) is 2.50. The van der Waals surface area contributed by atoms with E-state index >= 15 is 0 Å². The zero-order valence-electron chi connectivity index (χ0n) is 9.92. The van der Waals surface area contributed by atoms with Crippen LogP contribution in [0.4, 0.5) is 0 Å². The van der Waals surface area contributed by atoms with Gasteiger partial charge in [0.1, 0.15) is 5.78 Å². The molecule has 0 heterocycles. The van der Waals surface area contributed by atoms with Crippen molar-refractivity contribution in [2.24, 2.45) is 11.8 Å². The minimum absolute atomic E-state index is 0.321. The number of hydrogen-bond acceptors (Lipinski definition) is 2. The van der Waals surface area contributed by atoms with Gasteiger partial charge in [-0.2, -0.15) is 0 Å². The highest BCUT2D eigenvalue weighted by molar-refractivity contribution is 5.83. The molecule has 0 bridgehead atoms. The third kappa shape index (κ3) is 2.81. The summed E-state index contributed by atoms with van der Waals surface area (Å²) in [6.45, 7) is 7.66. The van der Waals surface area contributed by atoms with Crippen LogP contribution in [0.2, 0.25) is 0 Å². The molecule has 14 heavy (non-hydrogen) atoms. The van der Waals surface area contributed by atoms with Crippen LogP contribution in [0.15, 0.2) is 0 Å². The summed E-state index contributed by atoms with van der Waals surface area (Å²) >= 11 is 0. The van der Waals surface area contributed by atoms with Crippen LogP contribution < -0.4 is 0 Å². The van der Waals surface area contributed by atoms with E-state index in [9.17, 15) is 4.79 Å². The van der Waals surface area contributed by atoms with Crippen molar-refractivity contribution in [2.75, 3.05) is 13.6 Å². The second-order valence-electron chi connectivity index (χ2n) is 4.98. The molecule has 1 rings (SSSR count). The highest BCUT2D eigenvalue weighted by Gasteiger charge is 2.27. The minimum Gasteiger partial charge on any atom is -0.303 e. The van der Waals surface area contributed by atoms with Gasteiger partial charge in [-0.1, -0.05) is 13.8 Å². The van der Waals surface area contributed by atoms with Gasteiger partial charge in [0.25, 0.3) is 0 Å². The van der Waals surface area contributed by atoms with Crippen LogP contribution in [0.3, 0.4) is 0 Å². The third-order valence-electron chi connectivity index (χ3n) is 3.60. The smallest absolute Gasteiger partial charge is 0.137 e. The number of carbonyl (C=O) groups is 1. The zero-order valence-corrected chi connectivity index (χ0v) is 9.92. The molecule has 0 aliphatic heterocycles. The van der Waals surface area contributed by atoms with Gasteiger partial charge in [0.2, 0.25) is 0 Å². The van der Waals surface area contributed by atoms with Gasteiger partial charge >= 0.3 is 0 Å². The molecule has 2 unspecified atom stereocenters. The minimum atomic E-state index is 0.321. The Kier molecular flexibility index (Phi) is 4.11. The van der Waals surface area contributed by atoms with Crippen molar-refractivity contribution in [3.8, 4) is 0 Å². The Bertz CT molecular complexity index is 200. The lowest BCUT2D eigenvalue weighted by Crippen LogP contribution is -2.37. The summed E-state index contributed by atoms with van der Waals surface area (Å²) in [4.78, 5) is 13.8. The summed E-state index contributed by atoms with van der Waals surface area (Å²) in [6, 6.07) is 0.573. The van der Waals surface area contributed by atoms with Crippen molar-refractivity contribution < 1.29 is 4.79 Å². The van der Waals surface area contributed by atoms with Gasteiger partial charge in [-0.05, 0) is 32.7 Å². The summed E-state index contributed by atoms with van der Waals surface area (Å²) in [6.07, 6.45) is 3.02. The first-order valence-corrected chi connectivity index (χ1v) is 5.75. The molecule has 82 valence electrons. The van der Waals surface area contributed by atoms with E-state index in [1.807, 2.05) is 0 Å². The molecule has 2 nitrogen and oxygen atoms in total. The topological polar surface area (TPSA) is 20.3 Å². The number of ketones is 1. The molecular formula is C12H23NO. The van der Waals surface area contributed by atoms with Crippen molar-refractivity contribution in [2.45, 2.75) is 46.1 Å². The van der Waals surface area contributed by atoms with Crippen molar-refractivity contribution >= 4 is 5.78 Å². The first-order chi connectivity index (χ1) is 6.52. The fraction of sp³-hybridized carbons (Fsp3) is 0.917. The first-order valence-electron chi connectivity index (χ1n) is 5.75. The van der Waals surface area contributed by atoms with Crippen molar-refractivity contribution in [1.82, 2.24) is 4.90 Å². The lowest BCUT2D eigenvalue weighted by Gasteiger charge is -2.29. The van der Waals surface area contributed by atoms with Crippen molar-refractivity contribution in [1.29, 1.82) is 0 Å². The quantitative estimate of drug-likeness (QED) is 0.689. The van der Waals surface area contributed by atoms with E-state index in [-0.39, 0.29) is 0 Å². The van der Waals surface area contributed by atoms with E-state index in [0.29, 0.717) is 23.7 Å². The summed E-state index contributed by atoms with van der Waals surface area (Å²) in [5.74, 6) is 1.46. The van der Waals surface area contributed by atoms with Crippen LogP contribution in [-0.2, 0) is 4.79 Å². The predicted molar refractivity (Wildman–Crippen MR) is 59.3 cm³/mol. The fourth-order valence-electron chi connectivity index (χ4n) is 2.10. The molecule has 1 fully saturated rings. The molecule has 2 heteroatoms. The summed E-state index contributed by atoms with van der Waals surface area (Å²) in [5, 5.41) is 0. The van der Waals surface area contributed by atoms with E-state index in [4.69, 9.17) is 0 Å². The van der Waals surface area contributed by atoms with E-state index in [1.54, 1.807) is 0 Å². The monoisotopic (exact) mass is 197 g/mol. The van der Waals surface area contributed by atoms with Crippen LogP contribution in [-0.4, -0.2) is 30.3 Å².